The zero-order valence-electron chi connectivity index (χ0n) is 9.18. The van der Waals surface area contributed by atoms with Gasteiger partial charge in [-0.2, -0.15) is 0 Å². The third kappa shape index (κ3) is 3.37. The minimum Gasteiger partial charge on any atom is -0.346 e. The Hall–Kier alpha value is -0.770. The summed E-state index contributed by atoms with van der Waals surface area (Å²) in [6, 6.07) is 4.76. The van der Waals surface area contributed by atoms with E-state index in [1.54, 1.807) is 12.1 Å². The van der Waals surface area contributed by atoms with E-state index in [9.17, 15) is 4.79 Å². The number of nitrogens with one attached hydrogen (secondary N) is 1. The second-order valence-corrected chi connectivity index (χ2v) is 5.01. The molecule has 0 saturated carbocycles. The molecule has 1 aromatic carbocycles. The average molecular weight is 261 g/mol. The summed E-state index contributed by atoms with van der Waals surface area (Å²) in [4.78, 5) is 11.9. The van der Waals surface area contributed by atoms with Gasteiger partial charge in [-0.15, -0.1) is 0 Å². The van der Waals surface area contributed by atoms with E-state index >= 15 is 0 Å². The van der Waals surface area contributed by atoms with Gasteiger partial charge in [0.05, 0.1) is 10.6 Å². The van der Waals surface area contributed by atoms with Gasteiger partial charge in [-0.05, 0) is 32.0 Å². The van der Waals surface area contributed by atoms with E-state index in [4.69, 9.17) is 28.9 Å². The first-order valence-electron chi connectivity index (χ1n) is 4.83. The minimum absolute atomic E-state index is 0.275. The van der Waals surface area contributed by atoms with Crippen molar-refractivity contribution in [2.24, 2.45) is 5.73 Å². The summed E-state index contributed by atoms with van der Waals surface area (Å²) in [5, 5.41) is 3.63. The molecule has 0 saturated heterocycles. The van der Waals surface area contributed by atoms with Gasteiger partial charge >= 0.3 is 0 Å². The van der Waals surface area contributed by atoms with Crippen LogP contribution in [0, 0.1) is 0 Å². The summed E-state index contributed by atoms with van der Waals surface area (Å²) in [6.45, 7) is 4.02. The van der Waals surface area contributed by atoms with Crippen molar-refractivity contribution in [2.45, 2.75) is 19.4 Å². The molecule has 0 aliphatic carbocycles. The van der Waals surface area contributed by atoms with Crippen LogP contribution in [0.4, 0.5) is 0 Å². The van der Waals surface area contributed by atoms with Crippen molar-refractivity contribution in [3.05, 3.63) is 33.8 Å². The first-order valence-corrected chi connectivity index (χ1v) is 5.59. The Kier molecular flexibility index (Phi) is 4.19. The minimum atomic E-state index is -0.470. The zero-order valence-corrected chi connectivity index (χ0v) is 10.7. The van der Waals surface area contributed by atoms with Gasteiger partial charge in [0, 0.05) is 17.1 Å². The highest BCUT2D eigenvalue weighted by atomic mass is 35.5. The monoisotopic (exact) mass is 260 g/mol. The molecule has 88 valence electrons. The Morgan fingerprint density at radius 1 is 1.44 bits per heavy atom. The molecule has 0 fully saturated rings. The highest BCUT2D eigenvalue weighted by molar-refractivity contribution is 6.35. The van der Waals surface area contributed by atoms with E-state index in [1.165, 1.54) is 6.07 Å². The fourth-order valence-corrected chi connectivity index (χ4v) is 1.47. The van der Waals surface area contributed by atoms with Crippen LogP contribution in [0.2, 0.25) is 10.0 Å². The molecule has 1 aromatic rings. The van der Waals surface area contributed by atoms with E-state index in [0.717, 1.165) is 0 Å². The summed E-state index contributed by atoms with van der Waals surface area (Å²) < 4.78 is 0. The normalized spacial score (nSPS) is 11.3. The Balaban J connectivity index is 2.93. The summed E-state index contributed by atoms with van der Waals surface area (Å²) in [5.41, 5.74) is 5.41. The topological polar surface area (TPSA) is 55.1 Å². The fourth-order valence-electron chi connectivity index (χ4n) is 1.10. The summed E-state index contributed by atoms with van der Waals surface area (Å²) in [7, 11) is 0. The van der Waals surface area contributed by atoms with Gasteiger partial charge in [-0.1, -0.05) is 23.2 Å². The Morgan fingerprint density at radius 2 is 2.06 bits per heavy atom. The van der Waals surface area contributed by atoms with Crippen LogP contribution in [0.25, 0.3) is 0 Å². The number of halogens is 2. The summed E-state index contributed by atoms with van der Waals surface area (Å²) >= 11 is 11.7. The van der Waals surface area contributed by atoms with Crippen LogP contribution >= 0.6 is 23.2 Å². The average Bonchev–Trinajstić information content (AvgIpc) is 2.21. The predicted octanol–water partition coefficient (Wildman–Crippen LogP) is 2.46. The number of amides is 1. The van der Waals surface area contributed by atoms with Crippen LogP contribution in [0.5, 0.6) is 0 Å². The number of hydrogen-bond donors (Lipinski definition) is 2. The molecule has 0 radical (unpaired) electrons. The fraction of sp³-hybridized carbons (Fsp3) is 0.364. The van der Waals surface area contributed by atoms with Crippen LogP contribution < -0.4 is 11.1 Å². The Labute approximate surface area is 105 Å². The number of carbonyl (C=O) groups excluding carboxylic acids is 1. The van der Waals surface area contributed by atoms with Gasteiger partial charge in [0.25, 0.3) is 5.91 Å². The SMILES string of the molecule is CC(C)(CN)NC(=O)c1cc(Cl)ccc1Cl. The molecule has 3 N–H and O–H groups in total. The molecule has 0 aromatic heterocycles. The van der Waals surface area contributed by atoms with Gasteiger partial charge in [0.2, 0.25) is 0 Å². The Bertz CT molecular complexity index is 405. The van der Waals surface area contributed by atoms with Gasteiger partial charge in [-0.3, -0.25) is 4.79 Å². The van der Waals surface area contributed by atoms with E-state index in [0.29, 0.717) is 22.2 Å². The van der Waals surface area contributed by atoms with E-state index in [-0.39, 0.29) is 5.91 Å². The molecule has 0 unspecified atom stereocenters. The van der Waals surface area contributed by atoms with Crippen molar-refractivity contribution >= 4 is 29.1 Å². The molecule has 3 nitrogen and oxygen atoms in total. The number of benzene rings is 1. The molecule has 5 heteroatoms. The second-order valence-electron chi connectivity index (χ2n) is 4.17. The van der Waals surface area contributed by atoms with Gasteiger partial charge < -0.3 is 11.1 Å². The lowest BCUT2D eigenvalue weighted by Gasteiger charge is -2.24. The molecule has 0 aliphatic rings. The number of carbonyl (C=O) groups is 1. The van der Waals surface area contributed by atoms with Crippen molar-refractivity contribution < 1.29 is 4.79 Å². The Morgan fingerprint density at radius 3 is 2.62 bits per heavy atom. The van der Waals surface area contributed by atoms with E-state index in [2.05, 4.69) is 5.32 Å². The smallest absolute Gasteiger partial charge is 0.253 e. The van der Waals surface area contributed by atoms with Gasteiger partial charge in [0.15, 0.2) is 0 Å². The van der Waals surface area contributed by atoms with Crippen molar-refractivity contribution in [1.82, 2.24) is 5.32 Å². The third-order valence-electron chi connectivity index (χ3n) is 2.14. The van der Waals surface area contributed by atoms with Crippen molar-refractivity contribution in [1.29, 1.82) is 0 Å². The molecule has 16 heavy (non-hydrogen) atoms. The van der Waals surface area contributed by atoms with Crippen LogP contribution in [-0.4, -0.2) is 18.0 Å². The quantitative estimate of drug-likeness (QED) is 0.878. The standard InChI is InChI=1S/C11H14Cl2N2O/c1-11(2,6-14)15-10(16)8-5-7(12)3-4-9(8)13/h3-5H,6,14H2,1-2H3,(H,15,16). The second kappa shape index (κ2) is 5.04. The lowest BCUT2D eigenvalue weighted by molar-refractivity contribution is 0.0916. The molecule has 1 amide bonds. The molecular weight excluding hydrogens is 247 g/mol. The first kappa shape index (κ1) is 13.3. The van der Waals surface area contributed by atoms with Crippen LogP contribution in [0.3, 0.4) is 0 Å². The highest BCUT2D eigenvalue weighted by Gasteiger charge is 2.20. The zero-order chi connectivity index (χ0) is 12.3. The predicted molar refractivity (Wildman–Crippen MR) is 67.1 cm³/mol. The highest BCUT2D eigenvalue weighted by Crippen LogP contribution is 2.21. The first-order chi connectivity index (χ1) is 7.35. The summed E-state index contributed by atoms with van der Waals surface area (Å²) in [5.74, 6) is -0.275. The van der Waals surface area contributed by atoms with Gasteiger partial charge in [-0.25, -0.2) is 0 Å². The molecular formula is C11H14Cl2N2O. The van der Waals surface area contributed by atoms with Gasteiger partial charge in [0.1, 0.15) is 0 Å². The molecule has 0 atom stereocenters. The molecule has 0 bridgehead atoms. The van der Waals surface area contributed by atoms with Crippen LogP contribution in [0.1, 0.15) is 24.2 Å². The van der Waals surface area contributed by atoms with E-state index < -0.39 is 5.54 Å². The summed E-state index contributed by atoms with van der Waals surface area (Å²) in [6.07, 6.45) is 0. The molecule has 0 aliphatic heterocycles. The maximum Gasteiger partial charge on any atom is 0.253 e. The van der Waals surface area contributed by atoms with Crippen LogP contribution in [-0.2, 0) is 0 Å². The largest absolute Gasteiger partial charge is 0.346 e. The maximum absolute atomic E-state index is 11.9. The third-order valence-corrected chi connectivity index (χ3v) is 2.70. The van der Waals surface area contributed by atoms with Crippen molar-refractivity contribution in [2.75, 3.05) is 6.54 Å². The number of rotatable bonds is 3. The number of hydrogen-bond acceptors (Lipinski definition) is 2. The molecule has 0 spiro atoms. The van der Waals surface area contributed by atoms with Crippen molar-refractivity contribution in [3.8, 4) is 0 Å². The maximum atomic E-state index is 11.9. The number of nitrogens with two attached hydrogens (primary N) is 1. The van der Waals surface area contributed by atoms with Crippen LogP contribution in [0.15, 0.2) is 18.2 Å². The molecule has 0 heterocycles. The lowest BCUT2D eigenvalue weighted by atomic mass is 10.1. The lowest BCUT2D eigenvalue weighted by Crippen LogP contribution is -2.48. The van der Waals surface area contributed by atoms with E-state index in [1.807, 2.05) is 13.8 Å². The van der Waals surface area contributed by atoms with Crippen molar-refractivity contribution in [3.63, 3.8) is 0 Å². The molecule has 1 rings (SSSR count).